The number of carbonyl (C=O) groups is 1. The highest BCUT2D eigenvalue weighted by molar-refractivity contribution is 7.60. The van der Waals surface area contributed by atoms with Gasteiger partial charge in [-0.05, 0) is 25.3 Å². The second-order valence-corrected chi connectivity index (χ2v) is 14.8. The molecule has 274 valence electrons. The molecule has 0 aliphatic carbocycles. The van der Waals surface area contributed by atoms with Gasteiger partial charge < -0.3 is 60.6 Å². The summed E-state index contributed by atoms with van der Waals surface area (Å²) in [6, 6.07) is 2.83. The average Bonchev–Trinajstić information content (AvgIpc) is 3.70. The predicted octanol–water partition coefficient (Wildman–Crippen LogP) is -2.66. The SMILES string of the molecule is NC(=O)c1ccc[n+]([C@@H]2O[C@H](COP(=O)([O-])OP(=O)(O)OC[C@H]3O[C@@H](n4c(N5CCCCC5)nc5c(N)ncnc54)[C@H](O)[C@@H]3O)[C@@H](O)[C@H]2O)c1. The first-order chi connectivity index (χ1) is 23.7. The number of aliphatic hydroxyl groups is 4. The Morgan fingerprint density at radius 2 is 1.70 bits per heavy atom. The number of nitrogens with zero attached hydrogens (tertiary/aromatic N) is 6. The third-order valence-electron chi connectivity index (χ3n) is 8.46. The summed E-state index contributed by atoms with van der Waals surface area (Å²) >= 11 is 0. The minimum absolute atomic E-state index is 0.0615. The van der Waals surface area contributed by atoms with E-state index in [9.17, 15) is 44.1 Å². The zero-order valence-corrected chi connectivity index (χ0v) is 27.9. The Morgan fingerprint density at radius 1 is 1.02 bits per heavy atom. The Balaban J connectivity index is 1.08. The molecule has 0 spiro atoms. The molecule has 22 nitrogen and oxygen atoms in total. The number of primary amides is 1. The van der Waals surface area contributed by atoms with Crippen molar-refractivity contribution in [1.82, 2.24) is 19.5 Å². The van der Waals surface area contributed by atoms with E-state index in [1.807, 2.05) is 4.90 Å². The first kappa shape index (κ1) is 36.6. The molecule has 3 aromatic heterocycles. The van der Waals surface area contributed by atoms with Crippen LogP contribution in [-0.4, -0.2) is 114 Å². The van der Waals surface area contributed by atoms with Crippen LogP contribution in [0.25, 0.3) is 11.2 Å². The van der Waals surface area contributed by atoms with Crippen LogP contribution in [0.4, 0.5) is 11.8 Å². The number of nitrogen functional groups attached to an aromatic ring is 1. The number of amides is 1. The molecule has 3 fully saturated rings. The van der Waals surface area contributed by atoms with E-state index < -0.39 is 83.8 Å². The lowest BCUT2D eigenvalue weighted by Crippen LogP contribution is -2.46. The number of fused-ring (bicyclic) bond motifs is 1. The standard InChI is InChI=1S/C26H36N8O14P2/c27-21-16-23(30-12-29-21)34(26(31-16)32-6-2-1-3-7-32)25-20(38)18(36)15(47-25)11-45-50(42,43)48-49(40,41)44-10-14-17(35)19(37)24(46-14)33-8-4-5-13(9-33)22(28)39/h4-5,8-9,12,14-15,17-20,24-25,35-38H,1-3,6-7,10-11H2,(H5-,27,28,29,30,39,40,41,42,43)/t14-,15-,17-,18-,19-,20-,24-,25-/m1/s1. The summed E-state index contributed by atoms with van der Waals surface area (Å²) in [4.78, 5) is 48.9. The molecule has 0 bridgehead atoms. The van der Waals surface area contributed by atoms with Gasteiger partial charge in [0.25, 0.3) is 20.0 Å². The summed E-state index contributed by atoms with van der Waals surface area (Å²) in [5, 5.41) is 42.6. The van der Waals surface area contributed by atoms with Gasteiger partial charge in [0, 0.05) is 19.2 Å². The monoisotopic (exact) mass is 746 g/mol. The van der Waals surface area contributed by atoms with Gasteiger partial charge in [-0.1, -0.05) is 0 Å². The van der Waals surface area contributed by atoms with Crippen LogP contribution < -0.4 is 25.8 Å². The lowest BCUT2D eigenvalue weighted by atomic mass is 10.1. The number of imidazole rings is 1. The minimum Gasteiger partial charge on any atom is -0.756 e. The molecule has 3 aromatic rings. The van der Waals surface area contributed by atoms with Crippen molar-refractivity contribution in [3.8, 4) is 0 Å². The number of nitrogens with two attached hydrogens (primary N) is 2. The van der Waals surface area contributed by atoms with Gasteiger partial charge in [0.1, 0.15) is 42.4 Å². The third kappa shape index (κ3) is 7.53. The minimum atomic E-state index is -5.65. The summed E-state index contributed by atoms with van der Waals surface area (Å²) < 4.78 is 52.8. The molecule has 0 aromatic carbocycles. The van der Waals surface area contributed by atoms with Crippen molar-refractivity contribution in [3.63, 3.8) is 0 Å². The molecule has 10 atom stereocenters. The first-order valence-corrected chi connectivity index (χ1v) is 18.3. The number of anilines is 2. The number of rotatable bonds is 12. The zero-order valence-electron chi connectivity index (χ0n) is 26.1. The maximum atomic E-state index is 12.6. The zero-order chi connectivity index (χ0) is 36.0. The summed E-state index contributed by atoms with van der Waals surface area (Å²) in [6.07, 6.45) is -5.55. The van der Waals surface area contributed by atoms with E-state index in [0.29, 0.717) is 19.0 Å². The highest BCUT2D eigenvalue weighted by Gasteiger charge is 2.50. The maximum Gasteiger partial charge on any atom is 0.478 e. The molecule has 6 heterocycles. The first-order valence-electron chi connectivity index (χ1n) is 15.4. The number of hydrogen-bond acceptors (Lipinski definition) is 18. The summed E-state index contributed by atoms with van der Waals surface area (Å²) in [7, 11) is -11.1. The Morgan fingerprint density at radius 3 is 2.42 bits per heavy atom. The maximum absolute atomic E-state index is 12.6. The molecule has 9 N–H and O–H groups in total. The van der Waals surface area contributed by atoms with E-state index in [1.165, 1.54) is 40.0 Å². The van der Waals surface area contributed by atoms with E-state index in [4.69, 9.17) is 25.5 Å². The van der Waals surface area contributed by atoms with Crippen LogP contribution in [0.3, 0.4) is 0 Å². The van der Waals surface area contributed by atoms with Gasteiger partial charge in [-0.3, -0.25) is 18.5 Å². The van der Waals surface area contributed by atoms with Crippen LogP contribution >= 0.6 is 15.6 Å². The largest absolute Gasteiger partial charge is 0.756 e. The fourth-order valence-electron chi connectivity index (χ4n) is 5.96. The van der Waals surface area contributed by atoms with Crippen molar-refractivity contribution >= 4 is 44.5 Å². The highest BCUT2D eigenvalue weighted by atomic mass is 31.3. The van der Waals surface area contributed by atoms with Crippen molar-refractivity contribution in [1.29, 1.82) is 0 Å². The lowest BCUT2D eigenvalue weighted by Gasteiger charge is -2.30. The number of hydrogen-bond donors (Lipinski definition) is 7. The molecule has 3 aliphatic rings. The van der Waals surface area contributed by atoms with Gasteiger partial charge in [0.05, 0.1) is 13.2 Å². The molecule has 3 saturated heterocycles. The number of piperidine rings is 1. The molecular weight excluding hydrogens is 710 g/mol. The summed E-state index contributed by atoms with van der Waals surface area (Å²) in [5.74, 6) is -0.355. The van der Waals surface area contributed by atoms with Crippen molar-refractivity contribution in [2.45, 2.75) is 68.3 Å². The molecule has 50 heavy (non-hydrogen) atoms. The summed E-state index contributed by atoms with van der Waals surface area (Å²) in [6.45, 7) is -0.622. The van der Waals surface area contributed by atoms with Gasteiger partial charge in [0.2, 0.25) is 5.95 Å². The number of pyridine rings is 1. The number of aromatic nitrogens is 5. The molecule has 2 unspecified atom stereocenters. The lowest BCUT2D eigenvalue weighted by molar-refractivity contribution is -0.765. The van der Waals surface area contributed by atoms with Gasteiger partial charge in [-0.2, -0.15) is 4.57 Å². The smallest absolute Gasteiger partial charge is 0.478 e. The van der Waals surface area contributed by atoms with Crippen molar-refractivity contribution in [3.05, 3.63) is 36.4 Å². The second-order valence-electron chi connectivity index (χ2n) is 11.8. The van der Waals surface area contributed by atoms with E-state index in [2.05, 4.69) is 23.8 Å². The molecule has 24 heteroatoms. The van der Waals surface area contributed by atoms with Crippen LogP contribution in [0.5, 0.6) is 0 Å². The van der Waals surface area contributed by atoms with Crippen LogP contribution in [-0.2, 0) is 32.0 Å². The normalized spacial score (nSPS) is 31.1. The molecule has 6 rings (SSSR count). The Labute approximate surface area is 283 Å². The Hall–Kier alpha value is -3.21. The van der Waals surface area contributed by atoms with Crippen LogP contribution in [0.2, 0.25) is 0 Å². The molecule has 1 amide bonds. The third-order valence-corrected chi connectivity index (χ3v) is 11.0. The quantitative estimate of drug-likeness (QED) is 0.0734. The topological polar surface area (TPSA) is 324 Å². The number of ether oxygens (including phenoxy) is 2. The fraction of sp³-hybridized carbons (Fsp3) is 0.577. The van der Waals surface area contributed by atoms with E-state index >= 15 is 0 Å². The van der Waals surface area contributed by atoms with Gasteiger partial charge >= 0.3 is 7.82 Å². The molecule has 0 saturated carbocycles. The highest BCUT2D eigenvalue weighted by Crippen LogP contribution is 2.58. The van der Waals surface area contributed by atoms with Crippen molar-refractivity contribution in [2.75, 3.05) is 36.9 Å². The van der Waals surface area contributed by atoms with Crippen molar-refractivity contribution in [2.24, 2.45) is 5.73 Å². The van der Waals surface area contributed by atoms with Crippen molar-refractivity contribution < 1.29 is 71.5 Å². The number of aliphatic hydroxyl groups excluding tert-OH is 4. The van der Waals surface area contributed by atoms with Crippen LogP contribution in [0.1, 0.15) is 42.1 Å². The van der Waals surface area contributed by atoms with E-state index in [-0.39, 0.29) is 22.5 Å². The number of phosphoric ester groups is 2. The average molecular weight is 747 g/mol. The predicted molar refractivity (Wildman–Crippen MR) is 163 cm³/mol. The molecular formula is C26H36N8O14P2. The van der Waals surface area contributed by atoms with E-state index in [1.54, 1.807) is 0 Å². The van der Waals surface area contributed by atoms with Gasteiger partial charge in [-0.15, -0.1) is 0 Å². The summed E-state index contributed by atoms with van der Waals surface area (Å²) in [5.41, 5.74) is 11.8. The van der Waals surface area contributed by atoms with E-state index in [0.717, 1.165) is 19.3 Å². The Bertz CT molecular complexity index is 1810. The fourth-order valence-corrected chi connectivity index (χ4v) is 8.01. The number of phosphoric acid groups is 2. The Kier molecular flexibility index (Phi) is 10.6. The van der Waals surface area contributed by atoms with Crippen LogP contribution in [0, 0.1) is 0 Å². The molecule has 3 aliphatic heterocycles. The van der Waals surface area contributed by atoms with Gasteiger partial charge in [0.15, 0.2) is 41.7 Å². The van der Waals surface area contributed by atoms with Crippen LogP contribution in [0.15, 0.2) is 30.9 Å². The second kappa shape index (κ2) is 14.4. The molecule has 0 radical (unpaired) electrons. The number of carbonyl (C=O) groups excluding carboxylic acids is 1. The van der Waals surface area contributed by atoms with Gasteiger partial charge in [-0.25, -0.2) is 23.8 Å².